The van der Waals surface area contributed by atoms with E-state index in [2.05, 4.69) is 19.2 Å². The zero-order valence-electron chi connectivity index (χ0n) is 30.1. The number of urea groups is 1. The molecular formula is C35H61N3O8. The Bertz CT molecular complexity index is 1090. The van der Waals surface area contributed by atoms with Crippen LogP contribution in [0.3, 0.4) is 0 Å². The lowest BCUT2D eigenvalue weighted by molar-refractivity contribution is -0.135. The Labute approximate surface area is 276 Å². The Kier molecular flexibility index (Phi) is 17.4. The number of hydrogen-bond donors (Lipinski definition) is 3. The predicted molar refractivity (Wildman–Crippen MR) is 180 cm³/mol. The first kappa shape index (κ1) is 41.0. The summed E-state index contributed by atoms with van der Waals surface area (Å²) in [7, 11) is 3.25. The second-order valence-electron chi connectivity index (χ2n) is 14.2. The summed E-state index contributed by atoms with van der Waals surface area (Å²) in [6.45, 7) is 18.3. The molecule has 0 fully saturated rings. The Hall–Kier alpha value is -3.05. The van der Waals surface area contributed by atoms with Gasteiger partial charge in [0.15, 0.2) is 11.5 Å². The van der Waals surface area contributed by atoms with Crippen molar-refractivity contribution < 1.29 is 38.4 Å². The molecule has 4 N–H and O–H groups in total. The Morgan fingerprint density at radius 1 is 0.957 bits per heavy atom. The first-order chi connectivity index (χ1) is 21.4. The Balaban J connectivity index is 3.35. The maximum absolute atomic E-state index is 13.6. The molecule has 0 aliphatic heterocycles. The van der Waals surface area contributed by atoms with Gasteiger partial charge < -0.3 is 35.1 Å². The van der Waals surface area contributed by atoms with Gasteiger partial charge in [0.1, 0.15) is 5.60 Å². The van der Waals surface area contributed by atoms with Gasteiger partial charge in [0.05, 0.1) is 25.9 Å². The van der Waals surface area contributed by atoms with Crippen LogP contribution in [0.25, 0.3) is 0 Å². The lowest BCUT2D eigenvalue weighted by Crippen LogP contribution is -2.50. The van der Waals surface area contributed by atoms with Crippen LogP contribution in [0.2, 0.25) is 0 Å². The molecule has 0 bridgehead atoms. The third kappa shape index (κ3) is 14.6. The normalized spacial score (nSPS) is 14.5. The highest BCUT2D eigenvalue weighted by molar-refractivity contribution is 5.95. The first-order valence-corrected chi connectivity index (χ1v) is 16.5. The van der Waals surface area contributed by atoms with Crippen LogP contribution in [0.4, 0.5) is 9.59 Å². The van der Waals surface area contributed by atoms with E-state index in [0.717, 1.165) is 16.9 Å². The summed E-state index contributed by atoms with van der Waals surface area (Å²) >= 11 is 0. The summed E-state index contributed by atoms with van der Waals surface area (Å²) in [5.41, 5.74) is 5.87. The summed E-state index contributed by atoms with van der Waals surface area (Å²) in [4.78, 5) is 39.8. The van der Waals surface area contributed by atoms with E-state index in [-0.39, 0.29) is 36.6 Å². The average Bonchev–Trinajstić information content (AvgIpc) is 2.94. The van der Waals surface area contributed by atoms with E-state index in [0.29, 0.717) is 37.6 Å². The van der Waals surface area contributed by atoms with E-state index in [1.54, 1.807) is 35.0 Å². The highest BCUT2D eigenvalue weighted by atomic mass is 16.6. The number of nitrogens with two attached hydrogens (primary N) is 1. The van der Waals surface area contributed by atoms with Crippen molar-refractivity contribution in [3.8, 4) is 11.5 Å². The summed E-state index contributed by atoms with van der Waals surface area (Å²) < 4.78 is 22.2. The van der Waals surface area contributed by atoms with E-state index in [9.17, 15) is 19.5 Å². The molecule has 0 aliphatic rings. The molecule has 0 saturated heterocycles. The van der Waals surface area contributed by atoms with Crippen molar-refractivity contribution in [2.24, 2.45) is 35.3 Å². The molecule has 0 aromatic heterocycles. The number of carbonyl (C=O) groups is 3. The number of benzene rings is 1. The van der Waals surface area contributed by atoms with Crippen molar-refractivity contribution in [2.45, 2.75) is 106 Å². The Morgan fingerprint density at radius 3 is 2.11 bits per heavy atom. The number of primary amides is 1. The number of rotatable bonds is 19. The second-order valence-corrected chi connectivity index (χ2v) is 14.2. The third-order valence-electron chi connectivity index (χ3n) is 7.84. The van der Waals surface area contributed by atoms with Gasteiger partial charge in [-0.2, -0.15) is 0 Å². The molecule has 46 heavy (non-hydrogen) atoms. The lowest BCUT2D eigenvalue weighted by Gasteiger charge is -2.34. The van der Waals surface area contributed by atoms with Crippen molar-refractivity contribution in [3.05, 3.63) is 23.8 Å². The minimum Gasteiger partial charge on any atom is -0.493 e. The molecule has 1 aromatic carbocycles. The van der Waals surface area contributed by atoms with Gasteiger partial charge >= 0.3 is 12.1 Å². The zero-order valence-corrected chi connectivity index (χ0v) is 30.1. The van der Waals surface area contributed by atoms with Crippen molar-refractivity contribution in [3.63, 3.8) is 0 Å². The molecule has 1 rings (SSSR count). The van der Waals surface area contributed by atoms with Crippen molar-refractivity contribution in [1.82, 2.24) is 10.2 Å². The van der Waals surface area contributed by atoms with E-state index >= 15 is 0 Å². The molecule has 0 spiro atoms. The summed E-state index contributed by atoms with van der Waals surface area (Å²) in [5.74, 6) is 0.194. The fourth-order valence-electron chi connectivity index (χ4n) is 5.27. The minimum atomic E-state index is -1.10. The van der Waals surface area contributed by atoms with Crippen LogP contribution in [-0.2, 0) is 20.7 Å². The standard InChI is InChI=1S/C35H61N3O8/c1-22(2)21-38(33(36)41)32(40)27(24(5)6)20-29(39)28(37-34(42)46-35(7,8)9)19-26(23(3)4)17-25-13-14-30(44-11)31(18-25)45-16-12-15-43-10/h13-14,18,22-24,26-29,39H,12,15-17,19-21H2,1-11H3,(H2,36,41)(H,37,42)/t26?,27-,28-,29-/m0/s1. The number of ether oxygens (including phenoxy) is 4. The van der Waals surface area contributed by atoms with Crippen LogP contribution >= 0.6 is 0 Å². The maximum Gasteiger partial charge on any atom is 0.407 e. The molecule has 264 valence electrons. The zero-order chi connectivity index (χ0) is 35.2. The first-order valence-electron chi connectivity index (χ1n) is 16.5. The van der Waals surface area contributed by atoms with Gasteiger partial charge in [-0.25, -0.2) is 9.59 Å². The van der Waals surface area contributed by atoms with Crippen LogP contribution in [0.5, 0.6) is 11.5 Å². The fourth-order valence-corrected chi connectivity index (χ4v) is 5.27. The fraction of sp³-hybridized carbons (Fsp3) is 0.743. The molecule has 1 unspecified atom stereocenters. The number of aliphatic hydroxyl groups excluding tert-OH is 1. The maximum atomic E-state index is 13.6. The second kappa shape index (κ2) is 19.6. The van der Waals surface area contributed by atoms with Gasteiger partial charge in [0.2, 0.25) is 5.91 Å². The smallest absolute Gasteiger partial charge is 0.407 e. The summed E-state index contributed by atoms with van der Waals surface area (Å²) in [6, 6.07) is 4.29. The van der Waals surface area contributed by atoms with E-state index in [1.165, 1.54) is 0 Å². The summed E-state index contributed by atoms with van der Waals surface area (Å²) in [6.07, 6.45) is 0.0783. The summed E-state index contributed by atoms with van der Waals surface area (Å²) in [5, 5.41) is 14.6. The van der Waals surface area contributed by atoms with Crippen LogP contribution in [0.15, 0.2) is 18.2 Å². The van der Waals surface area contributed by atoms with Crippen LogP contribution in [0, 0.1) is 29.6 Å². The van der Waals surface area contributed by atoms with Crippen molar-refractivity contribution >= 4 is 18.0 Å². The molecule has 1 aromatic rings. The van der Waals surface area contributed by atoms with Gasteiger partial charge in [-0.1, -0.05) is 47.6 Å². The topological polar surface area (TPSA) is 150 Å². The minimum absolute atomic E-state index is 0.0248. The predicted octanol–water partition coefficient (Wildman–Crippen LogP) is 5.80. The van der Waals surface area contributed by atoms with Gasteiger partial charge in [-0.05, 0) is 81.4 Å². The Morgan fingerprint density at radius 2 is 1.61 bits per heavy atom. The molecule has 11 heteroatoms. The number of nitrogens with zero attached hydrogens (tertiary/aromatic N) is 1. The number of carbonyl (C=O) groups excluding carboxylic acids is 3. The number of nitrogens with one attached hydrogen (secondary N) is 1. The van der Waals surface area contributed by atoms with Gasteiger partial charge in [0, 0.05) is 32.6 Å². The highest BCUT2D eigenvalue weighted by Crippen LogP contribution is 2.32. The van der Waals surface area contributed by atoms with Crippen LogP contribution in [-0.4, -0.2) is 79.8 Å². The molecule has 11 nitrogen and oxygen atoms in total. The SMILES string of the molecule is COCCCOc1cc(CC(C[C@H](NC(=O)OC(C)(C)C)[C@@H](O)C[C@H](C(=O)N(CC(C)C)C(N)=O)C(C)C)C(C)C)ccc1OC. The van der Waals surface area contributed by atoms with Gasteiger partial charge in [-0.3, -0.25) is 9.69 Å². The largest absolute Gasteiger partial charge is 0.493 e. The molecule has 0 aliphatic carbocycles. The van der Waals surface area contributed by atoms with Crippen molar-refractivity contribution in [1.29, 1.82) is 0 Å². The van der Waals surface area contributed by atoms with Crippen LogP contribution < -0.4 is 20.5 Å². The number of amides is 4. The molecule has 4 amide bonds. The molecule has 4 atom stereocenters. The number of methoxy groups -OCH3 is 2. The third-order valence-corrected chi connectivity index (χ3v) is 7.84. The van der Waals surface area contributed by atoms with Gasteiger partial charge in [0.25, 0.3) is 0 Å². The van der Waals surface area contributed by atoms with E-state index in [4.69, 9.17) is 24.7 Å². The highest BCUT2D eigenvalue weighted by Gasteiger charge is 2.36. The monoisotopic (exact) mass is 651 g/mol. The quantitative estimate of drug-likeness (QED) is 0.159. The number of alkyl carbamates (subject to hydrolysis) is 1. The molecule has 0 heterocycles. The number of hydrogen-bond acceptors (Lipinski definition) is 8. The molecule has 0 radical (unpaired) electrons. The van der Waals surface area contributed by atoms with E-state index in [1.807, 2.05) is 45.9 Å². The van der Waals surface area contributed by atoms with Crippen LogP contribution in [0.1, 0.15) is 87.1 Å². The van der Waals surface area contributed by atoms with Gasteiger partial charge in [-0.15, -0.1) is 0 Å². The number of imide groups is 1. The number of aliphatic hydroxyl groups is 1. The average molecular weight is 652 g/mol. The van der Waals surface area contributed by atoms with E-state index < -0.39 is 41.7 Å². The molecular weight excluding hydrogens is 590 g/mol. The molecule has 0 saturated carbocycles. The van der Waals surface area contributed by atoms with Crippen molar-refractivity contribution in [2.75, 3.05) is 34.0 Å². The lowest BCUT2D eigenvalue weighted by atomic mass is 9.80.